The second-order valence-electron chi connectivity index (χ2n) is 3.82. The number of amides is 1. The number of thiazole rings is 1. The van der Waals surface area contributed by atoms with E-state index in [-0.39, 0.29) is 24.5 Å². The first-order chi connectivity index (χ1) is 9.15. The molecule has 0 atom stereocenters. The Kier molecular flexibility index (Phi) is 4.65. The minimum atomic E-state index is -0.211. The van der Waals surface area contributed by atoms with Crippen molar-refractivity contribution in [2.45, 2.75) is 12.8 Å². The van der Waals surface area contributed by atoms with Crippen molar-refractivity contribution in [3.05, 3.63) is 46.4 Å². The fourth-order valence-corrected chi connectivity index (χ4v) is 2.15. The normalized spacial score (nSPS) is 10.2. The third-order valence-corrected chi connectivity index (χ3v) is 3.36. The van der Waals surface area contributed by atoms with E-state index in [9.17, 15) is 9.59 Å². The largest absolute Gasteiger partial charge is 0.302 e. The lowest BCUT2D eigenvalue weighted by molar-refractivity contribution is -0.116. The van der Waals surface area contributed by atoms with Gasteiger partial charge in [0.25, 0.3) is 0 Å². The fourth-order valence-electron chi connectivity index (χ4n) is 1.47. The molecule has 0 bridgehead atoms. The van der Waals surface area contributed by atoms with Crippen LogP contribution in [0.4, 0.5) is 5.13 Å². The molecular weight excluding hydrogens is 284 g/mol. The molecule has 0 aliphatic rings. The summed E-state index contributed by atoms with van der Waals surface area (Å²) in [5.74, 6) is -0.289. The highest BCUT2D eigenvalue weighted by molar-refractivity contribution is 7.13. The lowest BCUT2D eigenvalue weighted by Crippen LogP contribution is -2.13. The molecule has 0 aliphatic heterocycles. The molecule has 1 heterocycles. The SMILES string of the molecule is O=C(CCC(=O)c1ccc(Cl)cc1)Nc1nccs1. The van der Waals surface area contributed by atoms with Gasteiger partial charge in [0.05, 0.1) is 0 Å². The lowest BCUT2D eigenvalue weighted by Gasteiger charge is -2.02. The second kappa shape index (κ2) is 6.45. The summed E-state index contributed by atoms with van der Waals surface area (Å²) >= 11 is 7.08. The molecule has 2 aromatic rings. The van der Waals surface area contributed by atoms with Gasteiger partial charge in [-0.2, -0.15) is 0 Å². The highest BCUT2D eigenvalue weighted by Gasteiger charge is 2.10. The van der Waals surface area contributed by atoms with Crippen molar-refractivity contribution >= 4 is 39.8 Å². The molecule has 0 fully saturated rings. The molecule has 1 amide bonds. The molecule has 0 radical (unpaired) electrons. The highest BCUT2D eigenvalue weighted by atomic mass is 35.5. The molecule has 4 nitrogen and oxygen atoms in total. The molecule has 1 aromatic carbocycles. The van der Waals surface area contributed by atoms with Gasteiger partial charge in [-0.05, 0) is 24.3 Å². The van der Waals surface area contributed by atoms with E-state index in [0.29, 0.717) is 15.7 Å². The van der Waals surface area contributed by atoms with Gasteiger partial charge < -0.3 is 5.32 Å². The van der Waals surface area contributed by atoms with Crippen molar-refractivity contribution < 1.29 is 9.59 Å². The number of ketones is 1. The fraction of sp³-hybridized carbons (Fsp3) is 0.154. The van der Waals surface area contributed by atoms with E-state index in [0.717, 1.165) is 0 Å². The number of anilines is 1. The monoisotopic (exact) mass is 294 g/mol. The average molecular weight is 295 g/mol. The summed E-state index contributed by atoms with van der Waals surface area (Å²) in [5.41, 5.74) is 0.562. The summed E-state index contributed by atoms with van der Waals surface area (Å²) in [6.45, 7) is 0. The third-order valence-electron chi connectivity index (χ3n) is 2.42. The minimum Gasteiger partial charge on any atom is -0.302 e. The van der Waals surface area contributed by atoms with Crippen LogP contribution in [0, 0.1) is 0 Å². The summed E-state index contributed by atoms with van der Waals surface area (Å²) in [6, 6.07) is 6.63. The smallest absolute Gasteiger partial charge is 0.226 e. The maximum absolute atomic E-state index is 11.8. The van der Waals surface area contributed by atoms with E-state index >= 15 is 0 Å². The Labute approximate surface area is 119 Å². The summed E-state index contributed by atoms with van der Waals surface area (Å²) in [4.78, 5) is 27.3. The molecule has 19 heavy (non-hydrogen) atoms. The van der Waals surface area contributed by atoms with Crippen LogP contribution in [-0.4, -0.2) is 16.7 Å². The maximum Gasteiger partial charge on any atom is 0.226 e. The Balaban J connectivity index is 1.83. The van der Waals surface area contributed by atoms with Crippen molar-refractivity contribution in [1.82, 2.24) is 4.98 Å². The Morgan fingerprint density at radius 2 is 1.95 bits per heavy atom. The zero-order chi connectivity index (χ0) is 13.7. The molecule has 2 rings (SSSR count). The van der Waals surface area contributed by atoms with Crippen LogP contribution in [0.25, 0.3) is 0 Å². The predicted octanol–water partition coefficient (Wildman–Crippen LogP) is 3.40. The lowest BCUT2D eigenvalue weighted by atomic mass is 10.1. The van der Waals surface area contributed by atoms with Crippen LogP contribution >= 0.6 is 22.9 Å². The molecule has 1 N–H and O–H groups in total. The number of Topliss-reactive ketones (excluding diaryl/α,β-unsaturated/α-hetero) is 1. The van der Waals surface area contributed by atoms with E-state index < -0.39 is 0 Å². The first kappa shape index (κ1) is 13.7. The molecule has 0 saturated carbocycles. The van der Waals surface area contributed by atoms with Crippen LogP contribution < -0.4 is 5.32 Å². The van der Waals surface area contributed by atoms with Gasteiger partial charge in [-0.25, -0.2) is 4.98 Å². The van der Waals surface area contributed by atoms with Gasteiger partial charge in [-0.15, -0.1) is 11.3 Å². The first-order valence-electron chi connectivity index (χ1n) is 5.63. The second-order valence-corrected chi connectivity index (χ2v) is 5.15. The number of hydrogen-bond acceptors (Lipinski definition) is 4. The van der Waals surface area contributed by atoms with Gasteiger partial charge in [-0.3, -0.25) is 9.59 Å². The van der Waals surface area contributed by atoms with E-state index in [4.69, 9.17) is 11.6 Å². The number of nitrogens with zero attached hydrogens (tertiary/aromatic N) is 1. The van der Waals surface area contributed by atoms with E-state index in [1.165, 1.54) is 11.3 Å². The van der Waals surface area contributed by atoms with Gasteiger partial charge in [-0.1, -0.05) is 11.6 Å². The number of carbonyl (C=O) groups is 2. The number of halogens is 1. The van der Waals surface area contributed by atoms with Crippen molar-refractivity contribution in [1.29, 1.82) is 0 Å². The van der Waals surface area contributed by atoms with Crippen molar-refractivity contribution in [3.63, 3.8) is 0 Å². The van der Waals surface area contributed by atoms with Crippen LogP contribution in [0.15, 0.2) is 35.8 Å². The van der Waals surface area contributed by atoms with Crippen molar-refractivity contribution in [2.24, 2.45) is 0 Å². The number of carbonyl (C=O) groups excluding carboxylic acids is 2. The number of hydrogen-bond donors (Lipinski definition) is 1. The van der Waals surface area contributed by atoms with Crippen LogP contribution in [0.3, 0.4) is 0 Å². The van der Waals surface area contributed by atoms with Crippen LogP contribution in [-0.2, 0) is 4.79 Å². The number of aromatic nitrogens is 1. The summed E-state index contributed by atoms with van der Waals surface area (Å²) in [5, 5.41) is 5.53. The van der Waals surface area contributed by atoms with Gasteiger partial charge in [0.1, 0.15) is 0 Å². The predicted molar refractivity (Wildman–Crippen MR) is 75.8 cm³/mol. The Bertz CT molecular complexity index is 567. The van der Waals surface area contributed by atoms with Crippen molar-refractivity contribution in [2.75, 3.05) is 5.32 Å². The zero-order valence-electron chi connectivity index (χ0n) is 9.93. The minimum absolute atomic E-state index is 0.0778. The average Bonchev–Trinajstić information content (AvgIpc) is 2.89. The maximum atomic E-state index is 11.8. The Morgan fingerprint density at radius 1 is 1.21 bits per heavy atom. The van der Waals surface area contributed by atoms with E-state index in [1.54, 1.807) is 35.8 Å². The van der Waals surface area contributed by atoms with Gasteiger partial charge >= 0.3 is 0 Å². The summed E-state index contributed by atoms with van der Waals surface area (Å²) < 4.78 is 0. The topological polar surface area (TPSA) is 59.1 Å². The quantitative estimate of drug-likeness (QED) is 0.860. The molecule has 6 heteroatoms. The van der Waals surface area contributed by atoms with Gasteiger partial charge in [0, 0.05) is 35.0 Å². The third kappa shape index (κ3) is 4.15. The molecule has 1 aromatic heterocycles. The van der Waals surface area contributed by atoms with Crippen LogP contribution in [0.1, 0.15) is 23.2 Å². The highest BCUT2D eigenvalue weighted by Crippen LogP contribution is 2.13. The number of nitrogens with one attached hydrogen (secondary N) is 1. The number of rotatable bonds is 5. The van der Waals surface area contributed by atoms with Gasteiger partial charge in [0.15, 0.2) is 10.9 Å². The summed E-state index contributed by atoms with van der Waals surface area (Å²) in [6.07, 6.45) is 1.92. The van der Waals surface area contributed by atoms with Gasteiger partial charge in [0.2, 0.25) is 5.91 Å². The molecule has 0 unspecified atom stereocenters. The van der Waals surface area contributed by atoms with Crippen molar-refractivity contribution in [3.8, 4) is 0 Å². The van der Waals surface area contributed by atoms with E-state index in [1.807, 2.05) is 0 Å². The molecular formula is C13H11ClN2O2S. The zero-order valence-corrected chi connectivity index (χ0v) is 11.5. The Hall–Kier alpha value is -1.72. The van der Waals surface area contributed by atoms with E-state index in [2.05, 4.69) is 10.3 Å². The van der Waals surface area contributed by atoms with Crippen LogP contribution in [0.2, 0.25) is 5.02 Å². The summed E-state index contributed by atoms with van der Waals surface area (Å²) in [7, 11) is 0. The standard InChI is InChI=1S/C13H11ClN2O2S/c14-10-3-1-9(2-4-10)11(17)5-6-12(18)16-13-15-7-8-19-13/h1-4,7-8H,5-6H2,(H,15,16,18). The van der Waals surface area contributed by atoms with Crippen LogP contribution in [0.5, 0.6) is 0 Å². The first-order valence-corrected chi connectivity index (χ1v) is 6.89. The molecule has 0 spiro atoms. The molecule has 0 saturated heterocycles. The molecule has 0 aliphatic carbocycles. The number of benzene rings is 1. The molecule has 98 valence electrons. The Morgan fingerprint density at radius 3 is 2.58 bits per heavy atom.